The van der Waals surface area contributed by atoms with Gasteiger partial charge in [0, 0.05) is 25.2 Å². The summed E-state index contributed by atoms with van der Waals surface area (Å²) in [7, 11) is 0. The molecule has 2 aromatic rings. The minimum Gasteiger partial charge on any atom is -0.507 e. The van der Waals surface area contributed by atoms with Gasteiger partial charge in [-0.1, -0.05) is 12.1 Å². The van der Waals surface area contributed by atoms with E-state index in [1.807, 2.05) is 26.0 Å². The second-order valence-electron chi connectivity index (χ2n) is 7.54. The highest BCUT2D eigenvalue weighted by atomic mass is 19.1. The van der Waals surface area contributed by atoms with Gasteiger partial charge in [-0.2, -0.15) is 0 Å². The van der Waals surface area contributed by atoms with Gasteiger partial charge in [0.1, 0.15) is 11.6 Å². The Hall–Kier alpha value is -2.40. The minimum absolute atomic E-state index is 0.156. The number of phenols is 1. The van der Waals surface area contributed by atoms with Crippen molar-refractivity contribution >= 4 is 5.91 Å². The topological polar surface area (TPSA) is 52.6 Å². The number of phenolic OH excluding ortho intramolecular Hbond substituents is 1. The van der Waals surface area contributed by atoms with Gasteiger partial charge < -0.3 is 10.4 Å². The van der Waals surface area contributed by atoms with E-state index in [9.17, 15) is 14.3 Å². The number of rotatable bonds is 5. The van der Waals surface area contributed by atoms with Crippen LogP contribution in [0.15, 0.2) is 36.4 Å². The highest BCUT2D eigenvalue weighted by Crippen LogP contribution is 2.25. The molecular weight excluding hydrogens is 343 g/mol. The summed E-state index contributed by atoms with van der Waals surface area (Å²) in [6.45, 7) is 7.31. The Morgan fingerprint density at radius 1 is 1.22 bits per heavy atom. The third-order valence-corrected chi connectivity index (χ3v) is 5.22. The van der Waals surface area contributed by atoms with E-state index in [1.165, 1.54) is 29.8 Å². The SMILES string of the molecule is Cc1cc(CN2CCC[C@H](CNC(=O)c3ccc(F)cc3)C2)cc(C)c1O. The first-order valence-electron chi connectivity index (χ1n) is 9.47. The number of aromatic hydroxyl groups is 1. The smallest absolute Gasteiger partial charge is 0.251 e. The molecule has 5 heteroatoms. The quantitative estimate of drug-likeness (QED) is 0.842. The van der Waals surface area contributed by atoms with Gasteiger partial charge in [-0.15, -0.1) is 0 Å². The maximum Gasteiger partial charge on any atom is 0.251 e. The van der Waals surface area contributed by atoms with Gasteiger partial charge in [0.05, 0.1) is 0 Å². The van der Waals surface area contributed by atoms with E-state index in [2.05, 4.69) is 10.2 Å². The lowest BCUT2D eigenvalue weighted by Crippen LogP contribution is -2.40. The zero-order valence-corrected chi connectivity index (χ0v) is 16.0. The van der Waals surface area contributed by atoms with Crippen LogP contribution in [-0.4, -0.2) is 35.5 Å². The van der Waals surface area contributed by atoms with Gasteiger partial charge in [0.25, 0.3) is 5.91 Å². The van der Waals surface area contributed by atoms with Gasteiger partial charge in [-0.05, 0) is 80.1 Å². The lowest BCUT2D eigenvalue weighted by Gasteiger charge is -2.33. The van der Waals surface area contributed by atoms with E-state index in [-0.39, 0.29) is 11.7 Å². The number of amides is 1. The normalized spacial score (nSPS) is 17.7. The molecule has 1 saturated heterocycles. The molecule has 1 heterocycles. The molecule has 0 radical (unpaired) electrons. The Kier molecular flexibility index (Phi) is 6.11. The average molecular weight is 370 g/mol. The number of likely N-dealkylation sites (tertiary alicyclic amines) is 1. The predicted molar refractivity (Wildman–Crippen MR) is 104 cm³/mol. The van der Waals surface area contributed by atoms with Gasteiger partial charge >= 0.3 is 0 Å². The van der Waals surface area contributed by atoms with Crippen molar-refractivity contribution in [2.45, 2.75) is 33.2 Å². The Labute approximate surface area is 160 Å². The fraction of sp³-hybridized carbons (Fsp3) is 0.409. The number of nitrogens with one attached hydrogen (secondary N) is 1. The number of carbonyl (C=O) groups is 1. The van der Waals surface area contributed by atoms with Gasteiger partial charge in [-0.3, -0.25) is 9.69 Å². The molecule has 27 heavy (non-hydrogen) atoms. The molecule has 2 N–H and O–H groups in total. The van der Waals surface area contributed by atoms with Crippen LogP contribution >= 0.6 is 0 Å². The fourth-order valence-electron chi connectivity index (χ4n) is 3.80. The van der Waals surface area contributed by atoms with Gasteiger partial charge in [-0.25, -0.2) is 4.39 Å². The van der Waals surface area contributed by atoms with Crippen molar-refractivity contribution in [1.82, 2.24) is 10.2 Å². The largest absolute Gasteiger partial charge is 0.507 e. The van der Waals surface area contributed by atoms with Crippen LogP contribution in [0, 0.1) is 25.6 Å². The third kappa shape index (κ3) is 5.07. The van der Waals surface area contributed by atoms with E-state index in [4.69, 9.17) is 0 Å². The number of carbonyl (C=O) groups excluding carboxylic acids is 1. The van der Waals surface area contributed by atoms with Crippen LogP contribution in [-0.2, 0) is 6.54 Å². The second-order valence-corrected chi connectivity index (χ2v) is 7.54. The monoisotopic (exact) mass is 370 g/mol. The molecule has 2 aromatic carbocycles. The van der Waals surface area contributed by atoms with Crippen molar-refractivity contribution in [2.75, 3.05) is 19.6 Å². The van der Waals surface area contributed by atoms with Crippen LogP contribution in [0.3, 0.4) is 0 Å². The molecule has 0 unspecified atom stereocenters. The summed E-state index contributed by atoms with van der Waals surface area (Å²) >= 11 is 0. The summed E-state index contributed by atoms with van der Waals surface area (Å²) in [5.74, 6) is 0.285. The number of nitrogens with zero attached hydrogens (tertiary/aromatic N) is 1. The van der Waals surface area contributed by atoms with Crippen LogP contribution in [0.2, 0.25) is 0 Å². The zero-order valence-electron chi connectivity index (χ0n) is 16.0. The van der Waals surface area contributed by atoms with E-state index in [1.54, 1.807) is 0 Å². The number of aryl methyl sites for hydroxylation is 2. The van der Waals surface area contributed by atoms with Crippen molar-refractivity contribution in [1.29, 1.82) is 0 Å². The molecular formula is C22H27FN2O2. The molecule has 1 aliphatic heterocycles. The highest BCUT2D eigenvalue weighted by Gasteiger charge is 2.21. The first kappa shape index (κ1) is 19.4. The van der Waals surface area contributed by atoms with Crippen molar-refractivity contribution in [3.05, 3.63) is 64.5 Å². The van der Waals surface area contributed by atoms with Gasteiger partial charge in [0.15, 0.2) is 0 Å². The summed E-state index contributed by atoms with van der Waals surface area (Å²) in [6.07, 6.45) is 2.20. The number of hydrogen-bond acceptors (Lipinski definition) is 3. The lowest BCUT2D eigenvalue weighted by atomic mass is 9.97. The maximum absolute atomic E-state index is 13.0. The summed E-state index contributed by atoms with van der Waals surface area (Å²) < 4.78 is 13.0. The predicted octanol–water partition coefficient (Wildman–Crippen LogP) is 3.79. The molecule has 4 nitrogen and oxygen atoms in total. The van der Waals surface area contributed by atoms with E-state index in [0.717, 1.165) is 43.6 Å². The molecule has 0 saturated carbocycles. The third-order valence-electron chi connectivity index (χ3n) is 5.22. The van der Waals surface area contributed by atoms with Crippen LogP contribution < -0.4 is 5.32 Å². The summed E-state index contributed by atoms with van der Waals surface area (Å²) in [5, 5.41) is 12.9. The first-order valence-corrected chi connectivity index (χ1v) is 9.47. The molecule has 0 aliphatic carbocycles. The first-order chi connectivity index (χ1) is 12.9. The molecule has 144 valence electrons. The molecule has 1 atom stereocenters. The number of piperidine rings is 1. The Morgan fingerprint density at radius 2 is 1.89 bits per heavy atom. The number of hydrogen-bond donors (Lipinski definition) is 2. The Bertz CT molecular complexity index is 781. The Balaban J connectivity index is 1.53. The molecule has 1 fully saturated rings. The van der Waals surface area contributed by atoms with Crippen molar-refractivity contribution in [3.63, 3.8) is 0 Å². The van der Waals surface area contributed by atoms with E-state index < -0.39 is 0 Å². The zero-order chi connectivity index (χ0) is 19.4. The van der Waals surface area contributed by atoms with Crippen LogP contribution in [0.25, 0.3) is 0 Å². The van der Waals surface area contributed by atoms with E-state index in [0.29, 0.717) is 23.8 Å². The van der Waals surface area contributed by atoms with Crippen molar-refractivity contribution in [3.8, 4) is 5.75 Å². The standard InChI is InChI=1S/C22H27FN2O2/c1-15-10-18(11-16(2)21(15)26)14-25-9-3-4-17(13-25)12-24-22(27)19-5-7-20(23)8-6-19/h5-8,10-11,17,26H,3-4,9,12-14H2,1-2H3,(H,24,27)/t17-/m1/s1. The number of benzene rings is 2. The summed E-state index contributed by atoms with van der Waals surface area (Å²) in [5.41, 5.74) is 3.51. The van der Waals surface area contributed by atoms with Crippen molar-refractivity contribution < 1.29 is 14.3 Å². The van der Waals surface area contributed by atoms with Crippen LogP contribution in [0.4, 0.5) is 4.39 Å². The maximum atomic E-state index is 13.0. The summed E-state index contributed by atoms with van der Waals surface area (Å²) in [6, 6.07) is 9.71. The number of halogens is 1. The highest BCUT2D eigenvalue weighted by molar-refractivity contribution is 5.94. The summed E-state index contributed by atoms with van der Waals surface area (Å²) in [4.78, 5) is 14.6. The molecule has 1 aliphatic rings. The van der Waals surface area contributed by atoms with Crippen molar-refractivity contribution in [2.24, 2.45) is 5.92 Å². The molecule has 0 spiro atoms. The molecule has 1 amide bonds. The molecule has 0 aromatic heterocycles. The average Bonchev–Trinajstić information content (AvgIpc) is 2.65. The van der Waals surface area contributed by atoms with Crippen LogP contribution in [0.5, 0.6) is 5.75 Å². The molecule has 3 rings (SSSR count). The van der Waals surface area contributed by atoms with E-state index >= 15 is 0 Å². The second kappa shape index (κ2) is 8.53. The fourth-order valence-corrected chi connectivity index (χ4v) is 3.80. The molecule has 0 bridgehead atoms. The van der Waals surface area contributed by atoms with Crippen LogP contribution in [0.1, 0.15) is 39.9 Å². The minimum atomic E-state index is -0.339. The Morgan fingerprint density at radius 3 is 2.56 bits per heavy atom. The van der Waals surface area contributed by atoms with Gasteiger partial charge in [0.2, 0.25) is 0 Å². The lowest BCUT2D eigenvalue weighted by molar-refractivity contribution is 0.0930.